The summed E-state index contributed by atoms with van der Waals surface area (Å²) in [5.74, 6) is -0.203. The molecular formula is C15H22N2O3. The summed E-state index contributed by atoms with van der Waals surface area (Å²) in [6.45, 7) is 1.48. The fourth-order valence-electron chi connectivity index (χ4n) is 2.84. The van der Waals surface area contributed by atoms with E-state index in [2.05, 4.69) is 0 Å². The SMILES string of the molecule is CC(=O)c1cc(C(=O)N(C)C2CCCCC2O)n(C)c1. The van der Waals surface area contributed by atoms with Gasteiger partial charge in [0, 0.05) is 25.9 Å². The third-order valence-electron chi connectivity index (χ3n) is 4.14. The molecular weight excluding hydrogens is 256 g/mol. The maximum Gasteiger partial charge on any atom is 0.270 e. The first-order valence-electron chi connectivity index (χ1n) is 7.04. The number of carbonyl (C=O) groups excluding carboxylic acids is 2. The normalized spacial score (nSPS) is 22.6. The van der Waals surface area contributed by atoms with Crippen LogP contribution >= 0.6 is 0 Å². The maximum absolute atomic E-state index is 12.5. The van der Waals surface area contributed by atoms with Crippen LogP contribution in [0.25, 0.3) is 0 Å². The summed E-state index contributed by atoms with van der Waals surface area (Å²) < 4.78 is 1.67. The van der Waals surface area contributed by atoms with Gasteiger partial charge < -0.3 is 14.6 Å². The fourth-order valence-corrected chi connectivity index (χ4v) is 2.84. The third-order valence-corrected chi connectivity index (χ3v) is 4.14. The summed E-state index contributed by atoms with van der Waals surface area (Å²) in [4.78, 5) is 25.5. The van der Waals surface area contributed by atoms with Crippen molar-refractivity contribution in [3.8, 4) is 0 Å². The van der Waals surface area contributed by atoms with Crippen molar-refractivity contribution in [2.75, 3.05) is 7.05 Å². The van der Waals surface area contributed by atoms with Crippen LogP contribution in [0.2, 0.25) is 0 Å². The standard InChI is InChI=1S/C15H22N2O3/c1-10(18)11-8-13(16(2)9-11)15(20)17(3)12-6-4-5-7-14(12)19/h8-9,12,14,19H,4-7H2,1-3H3. The lowest BCUT2D eigenvalue weighted by molar-refractivity contribution is 0.0262. The van der Waals surface area contributed by atoms with Gasteiger partial charge in [0.2, 0.25) is 0 Å². The molecule has 0 spiro atoms. The number of carbonyl (C=O) groups is 2. The number of aliphatic hydroxyl groups is 1. The van der Waals surface area contributed by atoms with Crippen molar-refractivity contribution in [2.24, 2.45) is 7.05 Å². The van der Waals surface area contributed by atoms with Crippen LogP contribution in [0.1, 0.15) is 53.5 Å². The van der Waals surface area contributed by atoms with Crippen molar-refractivity contribution >= 4 is 11.7 Å². The van der Waals surface area contributed by atoms with E-state index in [-0.39, 0.29) is 17.7 Å². The molecule has 1 fully saturated rings. The maximum atomic E-state index is 12.5. The highest BCUT2D eigenvalue weighted by molar-refractivity contribution is 5.99. The van der Waals surface area contributed by atoms with Crippen molar-refractivity contribution in [3.63, 3.8) is 0 Å². The van der Waals surface area contributed by atoms with E-state index in [1.165, 1.54) is 6.92 Å². The van der Waals surface area contributed by atoms with Crippen molar-refractivity contribution in [3.05, 3.63) is 23.5 Å². The molecule has 1 aromatic heterocycles. The molecule has 1 aliphatic rings. The highest BCUT2D eigenvalue weighted by atomic mass is 16.3. The molecule has 0 aromatic carbocycles. The quantitative estimate of drug-likeness (QED) is 0.854. The van der Waals surface area contributed by atoms with E-state index in [1.54, 1.807) is 35.8 Å². The average Bonchev–Trinajstić information content (AvgIpc) is 2.80. The van der Waals surface area contributed by atoms with Gasteiger partial charge in [0.05, 0.1) is 12.1 Å². The molecule has 5 heteroatoms. The number of likely N-dealkylation sites (N-methyl/N-ethyl adjacent to an activating group) is 1. The molecule has 0 radical (unpaired) electrons. The van der Waals surface area contributed by atoms with Crippen molar-refractivity contribution in [2.45, 2.75) is 44.8 Å². The lowest BCUT2D eigenvalue weighted by atomic mass is 9.91. The predicted molar refractivity (Wildman–Crippen MR) is 75.8 cm³/mol. The van der Waals surface area contributed by atoms with Crippen LogP contribution in [0, 0.1) is 0 Å². The Morgan fingerprint density at radius 1 is 1.35 bits per heavy atom. The van der Waals surface area contributed by atoms with E-state index in [4.69, 9.17) is 0 Å². The first-order chi connectivity index (χ1) is 9.41. The molecule has 1 aliphatic carbocycles. The van der Waals surface area contributed by atoms with Crippen molar-refractivity contribution in [1.29, 1.82) is 0 Å². The molecule has 5 nitrogen and oxygen atoms in total. The van der Waals surface area contributed by atoms with E-state index in [0.29, 0.717) is 11.3 Å². The molecule has 0 saturated heterocycles. The minimum atomic E-state index is -0.453. The van der Waals surface area contributed by atoms with Crippen molar-refractivity contribution in [1.82, 2.24) is 9.47 Å². The summed E-state index contributed by atoms with van der Waals surface area (Å²) >= 11 is 0. The topological polar surface area (TPSA) is 62.5 Å². The largest absolute Gasteiger partial charge is 0.391 e. The molecule has 1 N–H and O–H groups in total. The van der Waals surface area contributed by atoms with Crippen molar-refractivity contribution < 1.29 is 14.7 Å². The Hall–Kier alpha value is -1.62. The Kier molecular flexibility index (Phi) is 4.28. The van der Waals surface area contributed by atoms with Gasteiger partial charge >= 0.3 is 0 Å². The molecule has 2 unspecified atom stereocenters. The number of ketones is 1. The number of hydrogen-bond acceptors (Lipinski definition) is 3. The van der Waals surface area contributed by atoms with Gasteiger partial charge in [0.1, 0.15) is 5.69 Å². The summed E-state index contributed by atoms with van der Waals surface area (Å²) in [5.41, 5.74) is 1.02. The van der Waals surface area contributed by atoms with Gasteiger partial charge in [-0.25, -0.2) is 0 Å². The van der Waals surface area contributed by atoms with E-state index in [0.717, 1.165) is 25.7 Å². The molecule has 110 valence electrons. The minimum absolute atomic E-state index is 0.0556. The first-order valence-corrected chi connectivity index (χ1v) is 7.04. The van der Waals surface area contributed by atoms with Crippen LogP contribution in [0.3, 0.4) is 0 Å². The van der Waals surface area contributed by atoms with Gasteiger partial charge in [-0.3, -0.25) is 9.59 Å². The Labute approximate surface area is 119 Å². The number of aryl methyl sites for hydroxylation is 1. The number of rotatable bonds is 3. The average molecular weight is 278 g/mol. The lowest BCUT2D eigenvalue weighted by Crippen LogP contribution is -2.46. The summed E-state index contributed by atoms with van der Waals surface area (Å²) in [6.07, 6.45) is 4.83. The molecule has 1 saturated carbocycles. The van der Waals surface area contributed by atoms with Crippen LogP contribution in [0.4, 0.5) is 0 Å². The number of hydrogen-bond donors (Lipinski definition) is 1. The summed E-state index contributed by atoms with van der Waals surface area (Å²) in [7, 11) is 3.48. The van der Waals surface area contributed by atoms with Crippen LogP contribution in [0.15, 0.2) is 12.3 Å². The zero-order chi connectivity index (χ0) is 14.9. The Bertz CT molecular complexity index is 521. The molecule has 2 atom stereocenters. The van der Waals surface area contributed by atoms with E-state index >= 15 is 0 Å². The minimum Gasteiger partial charge on any atom is -0.391 e. The molecule has 1 aromatic rings. The second kappa shape index (κ2) is 5.79. The van der Waals surface area contributed by atoms with Crippen LogP contribution in [0.5, 0.6) is 0 Å². The highest BCUT2D eigenvalue weighted by Gasteiger charge is 2.30. The lowest BCUT2D eigenvalue weighted by Gasteiger charge is -2.35. The van der Waals surface area contributed by atoms with Gasteiger partial charge in [0.25, 0.3) is 5.91 Å². The van der Waals surface area contributed by atoms with Gasteiger partial charge in [-0.2, -0.15) is 0 Å². The smallest absolute Gasteiger partial charge is 0.270 e. The van der Waals surface area contributed by atoms with E-state index in [9.17, 15) is 14.7 Å². The van der Waals surface area contributed by atoms with Crippen LogP contribution in [-0.4, -0.2) is 45.5 Å². The number of amides is 1. The van der Waals surface area contributed by atoms with E-state index < -0.39 is 6.10 Å². The van der Waals surface area contributed by atoms with Gasteiger partial charge in [-0.15, -0.1) is 0 Å². The van der Waals surface area contributed by atoms with Gasteiger partial charge in [-0.1, -0.05) is 12.8 Å². The molecule has 0 aliphatic heterocycles. The number of Topliss-reactive ketones (excluding diaryl/α,β-unsaturated/α-hetero) is 1. The molecule has 20 heavy (non-hydrogen) atoms. The number of nitrogens with zero attached hydrogens (tertiary/aromatic N) is 2. The summed E-state index contributed by atoms with van der Waals surface area (Å²) in [6, 6.07) is 1.49. The Balaban J connectivity index is 2.19. The highest BCUT2D eigenvalue weighted by Crippen LogP contribution is 2.24. The van der Waals surface area contributed by atoms with E-state index in [1.807, 2.05) is 0 Å². The molecule has 1 amide bonds. The summed E-state index contributed by atoms with van der Waals surface area (Å²) in [5, 5.41) is 10.0. The number of aromatic nitrogens is 1. The molecule has 0 bridgehead atoms. The second-order valence-corrected chi connectivity index (χ2v) is 5.62. The predicted octanol–water partition coefficient (Wildman–Crippen LogP) is 1.60. The third kappa shape index (κ3) is 2.77. The number of aliphatic hydroxyl groups excluding tert-OH is 1. The Morgan fingerprint density at radius 3 is 2.55 bits per heavy atom. The fraction of sp³-hybridized carbons (Fsp3) is 0.600. The molecule has 2 rings (SSSR count). The zero-order valence-electron chi connectivity index (χ0n) is 12.3. The first kappa shape index (κ1) is 14.8. The van der Waals surface area contributed by atoms with Crippen LogP contribution in [-0.2, 0) is 7.05 Å². The van der Waals surface area contributed by atoms with Crippen LogP contribution < -0.4 is 0 Å². The van der Waals surface area contributed by atoms with Gasteiger partial charge in [-0.05, 0) is 25.8 Å². The molecule has 1 heterocycles. The monoisotopic (exact) mass is 278 g/mol. The Morgan fingerprint density at radius 2 is 2.00 bits per heavy atom. The zero-order valence-corrected chi connectivity index (χ0v) is 12.3. The van der Waals surface area contributed by atoms with Gasteiger partial charge in [0.15, 0.2) is 5.78 Å². The second-order valence-electron chi connectivity index (χ2n) is 5.62.